The van der Waals surface area contributed by atoms with Gasteiger partial charge in [-0.25, -0.2) is 13.4 Å². The van der Waals surface area contributed by atoms with Crippen LogP contribution in [0.3, 0.4) is 0 Å². The summed E-state index contributed by atoms with van der Waals surface area (Å²) >= 11 is 3.19. The summed E-state index contributed by atoms with van der Waals surface area (Å²) in [6.07, 6.45) is 1.55. The van der Waals surface area contributed by atoms with Gasteiger partial charge in [-0.05, 0) is 40.2 Å². The van der Waals surface area contributed by atoms with E-state index in [1.807, 2.05) is 0 Å². The molecule has 0 saturated heterocycles. The van der Waals surface area contributed by atoms with Gasteiger partial charge in [-0.2, -0.15) is 0 Å². The molecule has 1 aromatic carbocycles. The van der Waals surface area contributed by atoms with Crippen molar-refractivity contribution in [3.63, 3.8) is 0 Å². The third-order valence-electron chi connectivity index (χ3n) is 2.66. The van der Waals surface area contributed by atoms with Crippen LogP contribution in [0.15, 0.2) is 46.0 Å². The Kier molecular flexibility index (Phi) is 4.69. The van der Waals surface area contributed by atoms with Crippen LogP contribution in [0.2, 0.25) is 0 Å². The van der Waals surface area contributed by atoms with Crippen LogP contribution in [0.25, 0.3) is 0 Å². The van der Waals surface area contributed by atoms with Crippen LogP contribution in [0.4, 0.5) is 5.69 Å². The molecule has 1 aromatic heterocycles. The first-order chi connectivity index (χ1) is 9.97. The summed E-state index contributed by atoms with van der Waals surface area (Å²) in [5, 5.41) is 0. The third-order valence-corrected chi connectivity index (χ3v) is 4.70. The van der Waals surface area contributed by atoms with Gasteiger partial charge in [0.15, 0.2) is 0 Å². The van der Waals surface area contributed by atoms with Crippen molar-refractivity contribution in [3.8, 4) is 11.5 Å². The Morgan fingerprint density at radius 1 is 1.19 bits per heavy atom. The quantitative estimate of drug-likeness (QED) is 0.816. The molecule has 112 valence electrons. The summed E-state index contributed by atoms with van der Waals surface area (Å²) < 4.78 is 37.9. The molecule has 0 saturated carbocycles. The molecule has 0 radical (unpaired) electrons. The second-order valence-corrected chi connectivity index (χ2v) is 6.37. The maximum Gasteiger partial charge on any atom is 0.265 e. The summed E-state index contributed by atoms with van der Waals surface area (Å²) in [6, 6.07) is 7.71. The lowest BCUT2D eigenvalue weighted by atomic mass is 10.3. The lowest BCUT2D eigenvalue weighted by molar-refractivity contribution is 0.386. The maximum absolute atomic E-state index is 12.5. The van der Waals surface area contributed by atoms with Crippen LogP contribution in [0.1, 0.15) is 0 Å². The highest BCUT2D eigenvalue weighted by molar-refractivity contribution is 9.10. The highest BCUT2D eigenvalue weighted by Gasteiger charge is 2.21. The molecule has 0 unspecified atom stereocenters. The van der Waals surface area contributed by atoms with E-state index in [2.05, 4.69) is 25.6 Å². The second kappa shape index (κ2) is 6.31. The predicted molar refractivity (Wildman–Crippen MR) is 82.3 cm³/mol. The molecule has 1 heterocycles. The number of hydrogen-bond acceptors (Lipinski definition) is 5. The number of methoxy groups -OCH3 is 2. The predicted octanol–water partition coefficient (Wildman–Crippen LogP) is 2.66. The average molecular weight is 373 g/mol. The minimum Gasteiger partial charge on any atom is -0.497 e. The molecule has 0 spiro atoms. The monoisotopic (exact) mass is 372 g/mol. The molecule has 0 bridgehead atoms. The smallest absolute Gasteiger partial charge is 0.265 e. The van der Waals surface area contributed by atoms with Crippen molar-refractivity contribution in [1.82, 2.24) is 4.98 Å². The van der Waals surface area contributed by atoms with E-state index in [1.54, 1.807) is 24.4 Å². The SMILES string of the molecule is COc1ccc(S(=O)(=O)Nc2cccnc2Br)c(OC)c1. The van der Waals surface area contributed by atoms with Crippen LogP contribution < -0.4 is 14.2 Å². The van der Waals surface area contributed by atoms with Gasteiger partial charge in [-0.3, -0.25) is 4.72 Å². The Morgan fingerprint density at radius 3 is 2.57 bits per heavy atom. The molecule has 0 aliphatic carbocycles. The summed E-state index contributed by atoms with van der Waals surface area (Å²) in [6.45, 7) is 0. The van der Waals surface area contributed by atoms with Gasteiger partial charge in [0.2, 0.25) is 0 Å². The zero-order valence-electron chi connectivity index (χ0n) is 11.3. The number of hydrogen-bond donors (Lipinski definition) is 1. The Labute approximate surface area is 131 Å². The summed E-state index contributed by atoms with van der Waals surface area (Å²) in [5.74, 6) is 0.704. The fraction of sp³-hybridized carbons (Fsp3) is 0.154. The summed E-state index contributed by atoms with van der Waals surface area (Å²) in [4.78, 5) is 3.98. The molecule has 6 nitrogen and oxygen atoms in total. The minimum absolute atomic E-state index is 0.0153. The minimum atomic E-state index is -3.80. The second-order valence-electron chi connectivity index (χ2n) is 3.96. The number of ether oxygens (including phenoxy) is 2. The van der Waals surface area contributed by atoms with Gasteiger partial charge >= 0.3 is 0 Å². The zero-order chi connectivity index (χ0) is 15.5. The van der Waals surface area contributed by atoms with Gasteiger partial charge in [-0.1, -0.05) is 0 Å². The van der Waals surface area contributed by atoms with Gasteiger partial charge in [0, 0.05) is 12.3 Å². The lowest BCUT2D eigenvalue weighted by Gasteiger charge is -2.13. The van der Waals surface area contributed by atoms with Crippen molar-refractivity contribution in [3.05, 3.63) is 41.1 Å². The first kappa shape index (κ1) is 15.6. The highest BCUT2D eigenvalue weighted by atomic mass is 79.9. The number of rotatable bonds is 5. The molecule has 21 heavy (non-hydrogen) atoms. The summed E-state index contributed by atoms with van der Waals surface area (Å²) in [5.41, 5.74) is 0.343. The Bertz CT molecular complexity index is 750. The average Bonchev–Trinajstić information content (AvgIpc) is 2.48. The van der Waals surface area contributed by atoms with Crippen molar-refractivity contribution in [2.75, 3.05) is 18.9 Å². The van der Waals surface area contributed by atoms with Crippen LogP contribution >= 0.6 is 15.9 Å². The molecule has 0 amide bonds. The van der Waals surface area contributed by atoms with Gasteiger partial charge in [0.25, 0.3) is 10.0 Å². The Balaban J connectivity index is 2.42. The van der Waals surface area contributed by atoms with Crippen LogP contribution in [-0.4, -0.2) is 27.6 Å². The topological polar surface area (TPSA) is 77.5 Å². The molecule has 1 N–H and O–H groups in total. The van der Waals surface area contributed by atoms with Gasteiger partial charge in [0.05, 0.1) is 19.9 Å². The number of pyridine rings is 1. The number of benzene rings is 1. The normalized spacial score (nSPS) is 11.0. The van der Waals surface area contributed by atoms with E-state index in [9.17, 15) is 8.42 Å². The van der Waals surface area contributed by atoms with Crippen molar-refractivity contribution in [1.29, 1.82) is 0 Å². The van der Waals surface area contributed by atoms with Gasteiger partial charge in [-0.15, -0.1) is 0 Å². The zero-order valence-corrected chi connectivity index (χ0v) is 13.7. The van der Waals surface area contributed by atoms with E-state index in [4.69, 9.17) is 9.47 Å². The van der Waals surface area contributed by atoms with Crippen molar-refractivity contribution in [2.24, 2.45) is 0 Å². The fourth-order valence-corrected chi connectivity index (χ4v) is 3.36. The molecule has 0 aliphatic heterocycles. The first-order valence-corrected chi connectivity index (χ1v) is 8.11. The molecular weight excluding hydrogens is 360 g/mol. The number of nitrogens with one attached hydrogen (secondary N) is 1. The molecular formula is C13H13BrN2O4S. The fourth-order valence-electron chi connectivity index (χ4n) is 1.66. The Morgan fingerprint density at radius 2 is 1.95 bits per heavy atom. The standard InChI is InChI=1S/C13H13BrN2O4S/c1-19-9-5-6-12(11(8-9)20-2)21(17,18)16-10-4-3-7-15-13(10)14/h3-8,16H,1-2H3. The maximum atomic E-state index is 12.5. The summed E-state index contributed by atoms with van der Waals surface area (Å²) in [7, 11) is -0.914. The van der Waals surface area contributed by atoms with Crippen molar-refractivity contribution < 1.29 is 17.9 Å². The van der Waals surface area contributed by atoms with E-state index < -0.39 is 10.0 Å². The Hall–Kier alpha value is -1.80. The highest BCUT2D eigenvalue weighted by Crippen LogP contribution is 2.30. The van der Waals surface area contributed by atoms with Crippen LogP contribution in [0.5, 0.6) is 11.5 Å². The number of anilines is 1. The number of sulfonamides is 1. The van der Waals surface area contributed by atoms with E-state index in [0.717, 1.165) is 0 Å². The van der Waals surface area contributed by atoms with Crippen LogP contribution in [0, 0.1) is 0 Å². The van der Waals surface area contributed by atoms with E-state index in [1.165, 1.54) is 26.4 Å². The molecule has 8 heteroatoms. The largest absolute Gasteiger partial charge is 0.497 e. The molecule has 2 rings (SSSR count). The molecule has 0 fully saturated rings. The van der Waals surface area contributed by atoms with E-state index in [0.29, 0.717) is 16.0 Å². The van der Waals surface area contributed by atoms with E-state index >= 15 is 0 Å². The lowest BCUT2D eigenvalue weighted by Crippen LogP contribution is -2.14. The number of nitrogens with zero attached hydrogens (tertiary/aromatic N) is 1. The van der Waals surface area contributed by atoms with E-state index in [-0.39, 0.29) is 10.6 Å². The van der Waals surface area contributed by atoms with Crippen LogP contribution in [-0.2, 0) is 10.0 Å². The van der Waals surface area contributed by atoms with Crippen molar-refractivity contribution in [2.45, 2.75) is 4.90 Å². The molecule has 2 aromatic rings. The number of aromatic nitrogens is 1. The van der Waals surface area contributed by atoms with Gasteiger partial charge in [0.1, 0.15) is 21.0 Å². The van der Waals surface area contributed by atoms with Crippen molar-refractivity contribution >= 4 is 31.6 Å². The first-order valence-electron chi connectivity index (χ1n) is 5.83. The van der Waals surface area contributed by atoms with Gasteiger partial charge < -0.3 is 9.47 Å². The molecule has 0 atom stereocenters. The molecule has 0 aliphatic rings. The number of halogens is 1. The third kappa shape index (κ3) is 3.45.